The van der Waals surface area contributed by atoms with Crippen LogP contribution in [-0.4, -0.2) is 10.6 Å². The largest absolute Gasteiger partial charge is 0.506 e. The molecule has 1 saturated carbocycles. The molecule has 2 nitrogen and oxygen atoms in total. The standard InChI is InChI=1S/C15H20BrNO/c16-13-12-5-3-1-2-4-10(12)8-11(14(13)18)9-15(17)6-7-15/h8,18H,1-7,9,17H2. The predicted octanol–water partition coefficient (Wildman–Crippen LogP) is 3.46. The molecule has 0 atom stereocenters. The van der Waals surface area contributed by atoms with E-state index in [2.05, 4.69) is 22.0 Å². The molecule has 0 bridgehead atoms. The first kappa shape index (κ1) is 12.5. The Kier molecular flexibility index (Phi) is 3.15. The van der Waals surface area contributed by atoms with Crippen LogP contribution >= 0.6 is 15.9 Å². The van der Waals surface area contributed by atoms with Crippen LogP contribution in [0.3, 0.4) is 0 Å². The maximum Gasteiger partial charge on any atom is 0.133 e. The molecule has 3 heteroatoms. The molecule has 0 saturated heterocycles. The van der Waals surface area contributed by atoms with Gasteiger partial charge in [-0.25, -0.2) is 0 Å². The normalized spacial score (nSPS) is 21.2. The van der Waals surface area contributed by atoms with Gasteiger partial charge in [0.25, 0.3) is 0 Å². The zero-order chi connectivity index (χ0) is 12.8. The Hall–Kier alpha value is -0.540. The van der Waals surface area contributed by atoms with Crippen molar-refractivity contribution in [1.29, 1.82) is 0 Å². The van der Waals surface area contributed by atoms with Gasteiger partial charge in [0.2, 0.25) is 0 Å². The van der Waals surface area contributed by atoms with Gasteiger partial charge in [-0.1, -0.05) is 12.5 Å². The molecule has 0 aliphatic heterocycles. The lowest BCUT2D eigenvalue weighted by molar-refractivity contribution is 0.459. The van der Waals surface area contributed by atoms with Gasteiger partial charge in [0.1, 0.15) is 5.75 Å². The second-order valence-corrected chi connectivity index (χ2v) is 6.73. The maximum absolute atomic E-state index is 10.3. The van der Waals surface area contributed by atoms with Gasteiger partial charge in [0.05, 0.1) is 4.47 Å². The first-order chi connectivity index (χ1) is 8.59. The number of aryl methyl sites for hydroxylation is 1. The van der Waals surface area contributed by atoms with Crippen LogP contribution in [0.1, 0.15) is 48.8 Å². The van der Waals surface area contributed by atoms with Gasteiger partial charge < -0.3 is 10.8 Å². The van der Waals surface area contributed by atoms with Gasteiger partial charge >= 0.3 is 0 Å². The molecule has 18 heavy (non-hydrogen) atoms. The summed E-state index contributed by atoms with van der Waals surface area (Å²) in [5.41, 5.74) is 9.89. The number of hydrogen-bond acceptors (Lipinski definition) is 2. The van der Waals surface area contributed by atoms with E-state index in [9.17, 15) is 5.11 Å². The molecular formula is C15H20BrNO. The molecule has 0 aromatic heterocycles. The van der Waals surface area contributed by atoms with Gasteiger partial charge in [-0.15, -0.1) is 0 Å². The quantitative estimate of drug-likeness (QED) is 0.822. The number of rotatable bonds is 2. The third kappa shape index (κ3) is 2.30. The van der Waals surface area contributed by atoms with E-state index in [1.807, 2.05) is 0 Å². The highest BCUT2D eigenvalue weighted by molar-refractivity contribution is 9.10. The fourth-order valence-electron chi connectivity index (χ4n) is 2.93. The number of phenolic OH excluding ortho intramolecular Hbond substituents is 1. The lowest BCUT2D eigenvalue weighted by atomic mass is 9.95. The minimum atomic E-state index is -0.0457. The van der Waals surface area contributed by atoms with E-state index in [0.717, 1.165) is 42.1 Å². The number of hydrogen-bond donors (Lipinski definition) is 2. The average molecular weight is 310 g/mol. The molecule has 3 rings (SSSR count). The molecule has 0 unspecified atom stereocenters. The highest BCUT2D eigenvalue weighted by Gasteiger charge is 2.39. The van der Waals surface area contributed by atoms with Gasteiger partial charge in [-0.2, -0.15) is 0 Å². The summed E-state index contributed by atoms with van der Waals surface area (Å²) in [6.07, 6.45) is 8.98. The summed E-state index contributed by atoms with van der Waals surface area (Å²) in [7, 11) is 0. The topological polar surface area (TPSA) is 46.2 Å². The van der Waals surface area contributed by atoms with Crippen molar-refractivity contribution < 1.29 is 5.11 Å². The van der Waals surface area contributed by atoms with E-state index in [1.54, 1.807) is 0 Å². The van der Waals surface area contributed by atoms with Gasteiger partial charge in [0.15, 0.2) is 0 Å². The molecule has 0 spiro atoms. The van der Waals surface area contributed by atoms with Crippen molar-refractivity contribution in [3.05, 3.63) is 27.2 Å². The molecule has 0 amide bonds. The SMILES string of the molecule is NC1(Cc2cc3c(c(Br)c2O)CCCCC3)CC1. The smallest absolute Gasteiger partial charge is 0.133 e. The third-order valence-electron chi connectivity index (χ3n) is 4.32. The van der Waals surface area contributed by atoms with Crippen LogP contribution in [0.25, 0.3) is 0 Å². The summed E-state index contributed by atoms with van der Waals surface area (Å²) in [5.74, 6) is 0.423. The van der Waals surface area contributed by atoms with Crippen molar-refractivity contribution >= 4 is 15.9 Å². The summed E-state index contributed by atoms with van der Waals surface area (Å²) in [5, 5.41) is 10.3. The van der Waals surface area contributed by atoms with E-state index in [0.29, 0.717) is 5.75 Å². The molecule has 3 N–H and O–H groups in total. The fourth-order valence-corrected chi connectivity index (χ4v) is 3.64. The summed E-state index contributed by atoms with van der Waals surface area (Å²) in [6, 6.07) is 2.20. The zero-order valence-corrected chi connectivity index (χ0v) is 12.2. The first-order valence-electron chi connectivity index (χ1n) is 6.90. The van der Waals surface area contributed by atoms with E-state index in [4.69, 9.17) is 5.73 Å². The Bertz CT molecular complexity index is 480. The number of nitrogens with two attached hydrogens (primary N) is 1. The maximum atomic E-state index is 10.3. The molecule has 0 radical (unpaired) electrons. The van der Waals surface area contributed by atoms with Crippen molar-refractivity contribution in [2.24, 2.45) is 5.73 Å². The van der Waals surface area contributed by atoms with Crippen molar-refractivity contribution in [2.75, 3.05) is 0 Å². The molecular weight excluding hydrogens is 290 g/mol. The lowest BCUT2D eigenvalue weighted by Gasteiger charge is -2.17. The minimum Gasteiger partial charge on any atom is -0.506 e. The Balaban J connectivity index is 2.00. The highest BCUT2D eigenvalue weighted by atomic mass is 79.9. The number of phenols is 1. The van der Waals surface area contributed by atoms with Crippen LogP contribution < -0.4 is 5.73 Å². The van der Waals surface area contributed by atoms with Crippen molar-refractivity contribution in [2.45, 2.75) is 56.9 Å². The first-order valence-corrected chi connectivity index (χ1v) is 7.69. The Morgan fingerprint density at radius 2 is 1.94 bits per heavy atom. The van der Waals surface area contributed by atoms with Crippen LogP contribution in [0.4, 0.5) is 0 Å². The van der Waals surface area contributed by atoms with E-state index in [-0.39, 0.29) is 5.54 Å². The van der Waals surface area contributed by atoms with Crippen molar-refractivity contribution in [3.8, 4) is 5.75 Å². The monoisotopic (exact) mass is 309 g/mol. The van der Waals surface area contributed by atoms with Crippen LogP contribution in [-0.2, 0) is 19.3 Å². The summed E-state index contributed by atoms with van der Waals surface area (Å²) in [6.45, 7) is 0. The summed E-state index contributed by atoms with van der Waals surface area (Å²) in [4.78, 5) is 0. The van der Waals surface area contributed by atoms with E-state index < -0.39 is 0 Å². The number of halogens is 1. The molecule has 2 aliphatic carbocycles. The molecule has 98 valence electrons. The Morgan fingerprint density at radius 1 is 1.22 bits per heavy atom. The third-order valence-corrected chi connectivity index (χ3v) is 5.17. The highest BCUT2D eigenvalue weighted by Crippen LogP contribution is 2.42. The number of benzene rings is 1. The number of aromatic hydroxyl groups is 1. The van der Waals surface area contributed by atoms with E-state index in [1.165, 1.54) is 30.4 Å². The summed E-state index contributed by atoms with van der Waals surface area (Å²) >= 11 is 3.59. The molecule has 1 aromatic carbocycles. The molecule has 1 aromatic rings. The lowest BCUT2D eigenvalue weighted by Crippen LogP contribution is -2.24. The fraction of sp³-hybridized carbons (Fsp3) is 0.600. The molecule has 0 heterocycles. The van der Waals surface area contributed by atoms with Crippen molar-refractivity contribution in [3.63, 3.8) is 0 Å². The second kappa shape index (κ2) is 4.53. The average Bonchev–Trinajstić information content (AvgIpc) is 3.09. The zero-order valence-electron chi connectivity index (χ0n) is 10.6. The van der Waals surface area contributed by atoms with Crippen LogP contribution in [0, 0.1) is 0 Å². The van der Waals surface area contributed by atoms with Gasteiger partial charge in [0, 0.05) is 5.54 Å². The Labute approximate surface area is 117 Å². The minimum absolute atomic E-state index is 0.0457. The van der Waals surface area contributed by atoms with Gasteiger partial charge in [-0.3, -0.25) is 0 Å². The predicted molar refractivity (Wildman–Crippen MR) is 76.9 cm³/mol. The second-order valence-electron chi connectivity index (χ2n) is 5.94. The number of fused-ring (bicyclic) bond motifs is 1. The van der Waals surface area contributed by atoms with Crippen LogP contribution in [0.5, 0.6) is 5.75 Å². The van der Waals surface area contributed by atoms with Crippen LogP contribution in [0.2, 0.25) is 0 Å². The molecule has 1 fully saturated rings. The van der Waals surface area contributed by atoms with Crippen LogP contribution in [0.15, 0.2) is 10.5 Å². The molecule has 2 aliphatic rings. The van der Waals surface area contributed by atoms with Gasteiger partial charge in [-0.05, 0) is 77.6 Å². The van der Waals surface area contributed by atoms with E-state index >= 15 is 0 Å². The Morgan fingerprint density at radius 3 is 2.67 bits per heavy atom. The van der Waals surface area contributed by atoms with Crippen molar-refractivity contribution in [1.82, 2.24) is 0 Å². The summed E-state index contributed by atoms with van der Waals surface area (Å²) < 4.78 is 0.918.